The summed E-state index contributed by atoms with van der Waals surface area (Å²) in [5.41, 5.74) is 14.6. The van der Waals surface area contributed by atoms with Gasteiger partial charge in [-0.05, 0) is 128 Å². The van der Waals surface area contributed by atoms with Gasteiger partial charge in [-0.25, -0.2) is 4.98 Å². The molecule has 0 fully saturated rings. The molecule has 0 atom stereocenters. The number of nitrogens with zero attached hydrogens (tertiary/aromatic N) is 5. The lowest BCUT2D eigenvalue weighted by molar-refractivity contribution is 0.483. The predicted octanol–water partition coefficient (Wildman–Crippen LogP) is 13.9. The summed E-state index contributed by atoms with van der Waals surface area (Å²) in [5.74, 6) is 2.44. The highest BCUT2D eigenvalue weighted by Crippen LogP contribution is 2.48. The molecule has 3 aliphatic rings. The summed E-state index contributed by atoms with van der Waals surface area (Å²) in [6.07, 6.45) is 1.94. The molecule has 5 heterocycles. The number of ether oxygens (including phenoxy) is 1. The Morgan fingerprint density at radius 3 is 1.76 bits per heavy atom. The Bertz CT molecular complexity index is 3680. The van der Waals surface area contributed by atoms with E-state index < -0.39 is 16.1 Å². The van der Waals surface area contributed by atoms with E-state index in [0.717, 1.165) is 39.4 Å². The molecule has 0 saturated carbocycles. The van der Waals surface area contributed by atoms with Gasteiger partial charge in [-0.1, -0.05) is 138 Å². The van der Waals surface area contributed by atoms with Gasteiger partial charge < -0.3 is 19.4 Å². The topological polar surface area (TPSA) is 36.8 Å². The van der Waals surface area contributed by atoms with Crippen molar-refractivity contribution in [1.82, 2.24) is 9.55 Å². The van der Waals surface area contributed by atoms with Crippen LogP contribution in [0.3, 0.4) is 0 Å². The van der Waals surface area contributed by atoms with E-state index in [1.54, 1.807) is 0 Å². The van der Waals surface area contributed by atoms with Crippen molar-refractivity contribution in [2.24, 2.45) is 0 Å². The summed E-state index contributed by atoms with van der Waals surface area (Å²) in [7, 11) is -4.26. The van der Waals surface area contributed by atoms with E-state index >= 15 is 0 Å². The zero-order valence-corrected chi connectivity index (χ0v) is 42.8. The van der Waals surface area contributed by atoms with Crippen LogP contribution < -0.4 is 40.2 Å². The molecule has 0 radical (unpaired) electrons. The number of aromatic nitrogens is 2. The van der Waals surface area contributed by atoms with E-state index in [0.29, 0.717) is 6.67 Å². The number of anilines is 7. The van der Waals surface area contributed by atoms with Crippen molar-refractivity contribution in [2.75, 3.05) is 21.4 Å². The van der Waals surface area contributed by atoms with Crippen LogP contribution in [-0.2, 0) is 5.41 Å². The van der Waals surface area contributed by atoms with Crippen LogP contribution in [0.25, 0.3) is 38.8 Å². The van der Waals surface area contributed by atoms with Crippen LogP contribution in [0.2, 0.25) is 26.2 Å². The Morgan fingerprint density at radius 1 is 0.471 bits per heavy atom. The number of rotatable bonds is 6. The first-order valence-electron chi connectivity index (χ1n) is 24.6. The van der Waals surface area contributed by atoms with Gasteiger partial charge in [0.05, 0.1) is 22.4 Å². The molecule has 0 bridgehead atoms. The first-order valence-corrected chi connectivity index (χ1v) is 30.6. The van der Waals surface area contributed by atoms with Gasteiger partial charge >= 0.3 is 0 Å². The molecule has 13 rings (SSSR count). The lowest BCUT2D eigenvalue weighted by Crippen LogP contribution is -2.66. The maximum absolute atomic E-state index is 6.89. The van der Waals surface area contributed by atoms with Crippen LogP contribution in [-0.4, -0.2) is 32.4 Å². The molecule has 2 aromatic heterocycles. The molecule has 8 heteroatoms. The van der Waals surface area contributed by atoms with Crippen molar-refractivity contribution in [1.29, 1.82) is 0 Å². The fraction of sp³-hybridized carbons (Fsp3) is 0.145. The second-order valence-electron chi connectivity index (χ2n) is 21.4. The third-order valence-electron chi connectivity index (χ3n) is 15.4. The highest BCUT2D eigenvalue weighted by molar-refractivity contribution is 7.07. The average Bonchev–Trinajstić information content (AvgIpc) is 3.92. The Hall–Kier alpha value is -7.66. The number of hydrogen-bond acceptors (Lipinski definition) is 5. The van der Waals surface area contributed by atoms with Gasteiger partial charge in [0.25, 0.3) is 0 Å². The third-order valence-corrected chi connectivity index (χ3v) is 22.4. The fourth-order valence-electron chi connectivity index (χ4n) is 11.7. The van der Waals surface area contributed by atoms with Crippen molar-refractivity contribution >= 4 is 98.5 Å². The second-order valence-corrected chi connectivity index (χ2v) is 30.0. The van der Waals surface area contributed by atoms with E-state index in [9.17, 15) is 0 Å². The van der Waals surface area contributed by atoms with Gasteiger partial charge in [-0.2, -0.15) is 0 Å². The molecule has 8 aromatic carbocycles. The summed E-state index contributed by atoms with van der Waals surface area (Å²) in [6.45, 7) is 17.6. The monoisotopic (exact) mass is 941 g/mol. The number of para-hydroxylation sites is 4. The Morgan fingerprint density at radius 2 is 1.09 bits per heavy atom. The summed E-state index contributed by atoms with van der Waals surface area (Å²) in [6, 6.07) is 69.2. The average molecular weight is 942 g/mol. The molecule has 3 aliphatic heterocycles. The number of benzene rings is 8. The lowest BCUT2D eigenvalue weighted by Gasteiger charge is -2.49. The number of pyridine rings is 1. The molecule has 6 nitrogen and oxygen atoms in total. The van der Waals surface area contributed by atoms with Crippen molar-refractivity contribution in [3.8, 4) is 28.4 Å². The van der Waals surface area contributed by atoms with Gasteiger partial charge in [0, 0.05) is 57.5 Å². The molecule has 70 heavy (non-hydrogen) atoms. The molecule has 0 amide bonds. The second kappa shape index (κ2) is 15.4. The van der Waals surface area contributed by atoms with Crippen LogP contribution in [0, 0.1) is 0 Å². The normalized spacial score (nSPS) is 15.2. The van der Waals surface area contributed by atoms with E-state index in [2.05, 4.69) is 254 Å². The molecule has 0 aliphatic carbocycles. The smallest absolute Gasteiger partial charge is 0.137 e. The van der Waals surface area contributed by atoms with Gasteiger partial charge in [0.15, 0.2) is 0 Å². The first-order chi connectivity index (χ1) is 33.8. The number of hydrogen-bond donors (Lipinski definition) is 0. The van der Waals surface area contributed by atoms with Crippen LogP contribution in [0.1, 0.15) is 26.3 Å². The largest absolute Gasteiger partial charge is 0.457 e. The minimum atomic E-state index is -2.13. The van der Waals surface area contributed by atoms with E-state index in [4.69, 9.17) is 9.72 Å². The van der Waals surface area contributed by atoms with Crippen LogP contribution in [0.5, 0.6) is 11.5 Å². The minimum absolute atomic E-state index is 0.0294. The first kappa shape index (κ1) is 42.4. The van der Waals surface area contributed by atoms with E-state index in [1.165, 1.54) is 76.9 Å². The predicted molar refractivity (Wildman–Crippen MR) is 299 cm³/mol. The molecule has 0 N–H and O–H groups in total. The molecule has 342 valence electrons. The van der Waals surface area contributed by atoms with Crippen LogP contribution in [0.4, 0.5) is 39.8 Å². The van der Waals surface area contributed by atoms with E-state index in [-0.39, 0.29) is 5.41 Å². The highest BCUT2D eigenvalue weighted by Gasteiger charge is 2.47. The SMILES string of the molecule is CC(C)(C)c1ccnc(-n2c3ccc(-c4ccccc4)cc3c3ccc(Oc4cccc(N5CN(c6cc7c8c(c6)[Si](C)(C)c6ccccc6N8c6ccccc6[Si]7(C)C)c6ccccc65)c4)cc32)c1. The quantitative estimate of drug-likeness (QED) is 0.155. The Balaban J connectivity index is 0.882. The van der Waals surface area contributed by atoms with Gasteiger partial charge in [-0.15, -0.1) is 0 Å². The Labute approximate surface area is 412 Å². The molecule has 0 saturated heterocycles. The summed E-state index contributed by atoms with van der Waals surface area (Å²) in [5, 5.41) is 8.35. The van der Waals surface area contributed by atoms with Gasteiger partial charge in [0.2, 0.25) is 0 Å². The zero-order chi connectivity index (χ0) is 47.7. The molecule has 0 spiro atoms. The van der Waals surface area contributed by atoms with Crippen LogP contribution in [0.15, 0.2) is 194 Å². The van der Waals surface area contributed by atoms with Crippen molar-refractivity contribution < 1.29 is 4.74 Å². The Kier molecular flexibility index (Phi) is 9.35. The van der Waals surface area contributed by atoms with Crippen molar-refractivity contribution in [3.63, 3.8) is 0 Å². The third kappa shape index (κ3) is 6.46. The molecular weight excluding hydrogens is 887 g/mol. The summed E-state index contributed by atoms with van der Waals surface area (Å²) < 4.78 is 9.18. The zero-order valence-electron chi connectivity index (χ0n) is 40.8. The van der Waals surface area contributed by atoms with E-state index in [1.807, 2.05) is 6.20 Å². The molecule has 0 unspecified atom stereocenters. The number of fused-ring (bicyclic) bond motifs is 8. The highest BCUT2D eigenvalue weighted by atomic mass is 28.3. The molecule has 10 aromatic rings. The summed E-state index contributed by atoms with van der Waals surface area (Å²) in [4.78, 5) is 12.6. The molecular formula is C62H55N5OSi2. The maximum atomic E-state index is 6.89. The van der Waals surface area contributed by atoms with Gasteiger partial charge in [-0.3, -0.25) is 4.57 Å². The standard InChI is InChI=1S/C62H55N5OSi2/c1-62(2,3)43-32-33-63-60(35-43)66-50-31-28-42(41-18-9-8-10-19-41)34-49(50)48-30-29-47(39-55(48)66)68-46-21-17-20-44(36-46)64-40-65(52-23-12-11-22-51(52)64)45-37-58-61-59(38-45)70(6,7)57-27-16-14-25-54(57)67(61)53-24-13-15-26-56(53)69(58,4)5/h8-39H,40H2,1-7H3. The summed E-state index contributed by atoms with van der Waals surface area (Å²) >= 11 is 0. The van der Waals surface area contributed by atoms with Crippen LogP contribution >= 0.6 is 0 Å². The van der Waals surface area contributed by atoms with Crippen molar-refractivity contribution in [3.05, 3.63) is 200 Å². The maximum Gasteiger partial charge on any atom is 0.137 e. The fourth-order valence-corrected chi connectivity index (χ4v) is 17.8. The van der Waals surface area contributed by atoms with Crippen molar-refractivity contribution in [2.45, 2.75) is 52.4 Å². The lowest BCUT2D eigenvalue weighted by atomic mass is 9.88. The van der Waals surface area contributed by atoms with Gasteiger partial charge in [0.1, 0.15) is 40.1 Å². The minimum Gasteiger partial charge on any atom is -0.457 e.